The van der Waals surface area contributed by atoms with E-state index in [4.69, 9.17) is 0 Å². The van der Waals surface area contributed by atoms with Crippen LogP contribution in [0.15, 0.2) is 24.3 Å². The van der Waals surface area contributed by atoms with Crippen LogP contribution in [0, 0.1) is 11.7 Å². The van der Waals surface area contributed by atoms with Crippen LogP contribution in [0.5, 0.6) is 0 Å². The molecule has 1 aliphatic carbocycles. The minimum Gasteiger partial charge on any atom is -0.369 e. The number of nitrogens with one attached hydrogen (secondary N) is 2. The molecule has 1 saturated heterocycles. The van der Waals surface area contributed by atoms with Crippen molar-refractivity contribution in [2.45, 2.75) is 25.8 Å². The van der Waals surface area contributed by atoms with Gasteiger partial charge in [-0.25, -0.2) is 4.39 Å². The van der Waals surface area contributed by atoms with Gasteiger partial charge in [-0.2, -0.15) is 0 Å². The van der Waals surface area contributed by atoms with Gasteiger partial charge in [0.1, 0.15) is 5.82 Å². The second-order valence-corrected chi connectivity index (χ2v) is 6.43. The highest BCUT2D eigenvalue weighted by Gasteiger charge is 2.31. The number of piperazine rings is 1. The lowest BCUT2D eigenvalue weighted by Crippen LogP contribution is -2.56. The second kappa shape index (κ2) is 7.17. The molecule has 1 saturated carbocycles. The molecule has 1 aromatic rings. The lowest BCUT2D eigenvalue weighted by Gasteiger charge is -2.38. The van der Waals surface area contributed by atoms with E-state index in [-0.39, 0.29) is 29.6 Å². The summed E-state index contributed by atoms with van der Waals surface area (Å²) < 4.78 is 13.0. The quantitative estimate of drug-likeness (QED) is 0.803. The van der Waals surface area contributed by atoms with Crippen molar-refractivity contribution in [2.24, 2.45) is 5.92 Å². The third kappa shape index (κ3) is 4.03. The number of hydrogen-bond acceptors (Lipinski definition) is 4. The molecule has 24 heavy (non-hydrogen) atoms. The van der Waals surface area contributed by atoms with Gasteiger partial charge in [-0.05, 0) is 44.0 Å². The summed E-state index contributed by atoms with van der Waals surface area (Å²) in [4.78, 5) is 28.0. The van der Waals surface area contributed by atoms with Crippen LogP contribution >= 0.6 is 0 Å². The minimum atomic E-state index is -0.306. The minimum absolute atomic E-state index is 0.0693. The fourth-order valence-corrected chi connectivity index (χ4v) is 2.86. The number of carbonyl (C=O) groups is 2. The number of rotatable bonds is 4. The lowest BCUT2D eigenvalue weighted by atomic mass is 10.2. The normalized spacial score (nSPS) is 19.7. The molecule has 0 bridgehead atoms. The van der Waals surface area contributed by atoms with Crippen LogP contribution in [0.3, 0.4) is 0 Å². The summed E-state index contributed by atoms with van der Waals surface area (Å²) in [6.07, 6.45) is 1.81. The third-order valence-electron chi connectivity index (χ3n) is 4.69. The number of halogens is 1. The van der Waals surface area contributed by atoms with Crippen LogP contribution in [0.1, 0.15) is 19.8 Å². The smallest absolute Gasteiger partial charge is 0.255 e. The van der Waals surface area contributed by atoms with Gasteiger partial charge in [-0.3, -0.25) is 25.3 Å². The number of hydrazine groups is 1. The van der Waals surface area contributed by atoms with Gasteiger partial charge >= 0.3 is 0 Å². The first-order valence-corrected chi connectivity index (χ1v) is 8.39. The van der Waals surface area contributed by atoms with Crippen LogP contribution in [0.25, 0.3) is 0 Å². The van der Waals surface area contributed by atoms with Gasteiger partial charge in [0, 0.05) is 37.8 Å². The largest absolute Gasteiger partial charge is 0.369 e. The van der Waals surface area contributed by atoms with E-state index in [1.54, 1.807) is 12.1 Å². The summed E-state index contributed by atoms with van der Waals surface area (Å²) in [5.74, 6) is -0.466. The fourth-order valence-electron chi connectivity index (χ4n) is 2.86. The van der Waals surface area contributed by atoms with Crippen LogP contribution in [0.2, 0.25) is 0 Å². The molecule has 3 rings (SSSR count). The molecule has 2 aliphatic rings. The average Bonchev–Trinajstić information content (AvgIpc) is 3.45. The van der Waals surface area contributed by atoms with E-state index in [0.29, 0.717) is 0 Å². The third-order valence-corrected chi connectivity index (χ3v) is 4.69. The van der Waals surface area contributed by atoms with Crippen LogP contribution in [-0.4, -0.2) is 48.9 Å². The topological polar surface area (TPSA) is 64.7 Å². The first kappa shape index (κ1) is 16.7. The van der Waals surface area contributed by atoms with E-state index in [1.165, 1.54) is 12.1 Å². The van der Waals surface area contributed by atoms with E-state index < -0.39 is 0 Å². The summed E-state index contributed by atoms with van der Waals surface area (Å²) in [7, 11) is 0. The Morgan fingerprint density at radius 2 is 1.71 bits per heavy atom. The van der Waals surface area contributed by atoms with Gasteiger partial charge in [0.15, 0.2) is 0 Å². The summed E-state index contributed by atoms with van der Waals surface area (Å²) in [5.41, 5.74) is 6.00. The van der Waals surface area contributed by atoms with Gasteiger partial charge in [-0.1, -0.05) is 0 Å². The van der Waals surface area contributed by atoms with Crippen molar-refractivity contribution < 1.29 is 14.0 Å². The average molecular weight is 334 g/mol. The molecule has 1 aromatic carbocycles. The maximum Gasteiger partial charge on any atom is 0.255 e. The molecule has 1 aliphatic heterocycles. The molecule has 2 fully saturated rings. The molecule has 0 unspecified atom stereocenters. The highest BCUT2D eigenvalue weighted by molar-refractivity contribution is 5.86. The standard InChI is InChI=1S/C17H23FN4O2/c1-12(16(23)19-20-17(24)13-2-3-13)21-8-10-22(11-9-21)15-6-4-14(18)5-7-15/h4-7,12-13H,2-3,8-11H2,1H3,(H,19,23)(H,20,24)/t12-/m1/s1. The SMILES string of the molecule is C[C@H](C(=O)NNC(=O)C1CC1)N1CCN(c2ccc(F)cc2)CC1. The van der Waals surface area contributed by atoms with E-state index in [1.807, 2.05) is 6.92 Å². The predicted octanol–water partition coefficient (Wildman–Crippen LogP) is 0.894. The van der Waals surface area contributed by atoms with Crippen molar-refractivity contribution in [2.75, 3.05) is 31.1 Å². The highest BCUT2D eigenvalue weighted by Crippen LogP contribution is 2.28. The number of nitrogens with zero attached hydrogens (tertiary/aromatic N) is 2. The van der Waals surface area contributed by atoms with Crippen LogP contribution < -0.4 is 15.8 Å². The van der Waals surface area contributed by atoms with Crippen LogP contribution in [-0.2, 0) is 9.59 Å². The Morgan fingerprint density at radius 1 is 1.08 bits per heavy atom. The molecule has 2 amide bonds. The maximum atomic E-state index is 13.0. The molecule has 130 valence electrons. The van der Waals surface area contributed by atoms with E-state index >= 15 is 0 Å². The van der Waals surface area contributed by atoms with Crippen molar-refractivity contribution in [3.8, 4) is 0 Å². The number of benzene rings is 1. The molecule has 0 spiro atoms. The van der Waals surface area contributed by atoms with Crippen molar-refractivity contribution in [3.05, 3.63) is 30.1 Å². The Labute approximate surface area is 141 Å². The van der Waals surface area contributed by atoms with Crippen molar-refractivity contribution in [1.29, 1.82) is 0 Å². The van der Waals surface area contributed by atoms with E-state index in [9.17, 15) is 14.0 Å². The molecular weight excluding hydrogens is 311 g/mol. The molecule has 6 nitrogen and oxygen atoms in total. The Bertz CT molecular complexity index is 595. The number of hydrogen-bond donors (Lipinski definition) is 2. The Kier molecular flexibility index (Phi) is 4.99. The Morgan fingerprint density at radius 3 is 2.29 bits per heavy atom. The summed E-state index contributed by atoms with van der Waals surface area (Å²) in [5, 5.41) is 0. The highest BCUT2D eigenvalue weighted by atomic mass is 19.1. The van der Waals surface area contributed by atoms with Gasteiger partial charge in [0.2, 0.25) is 5.91 Å². The van der Waals surface area contributed by atoms with Crippen molar-refractivity contribution >= 4 is 17.5 Å². The van der Waals surface area contributed by atoms with Gasteiger partial charge < -0.3 is 4.90 Å². The second-order valence-electron chi connectivity index (χ2n) is 6.43. The zero-order valence-electron chi connectivity index (χ0n) is 13.8. The number of amides is 2. The zero-order chi connectivity index (χ0) is 17.1. The van der Waals surface area contributed by atoms with E-state index in [0.717, 1.165) is 44.7 Å². The summed E-state index contributed by atoms with van der Waals surface area (Å²) in [6, 6.07) is 6.16. The van der Waals surface area contributed by atoms with Crippen LogP contribution in [0.4, 0.5) is 10.1 Å². The summed E-state index contributed by atoms with van der Waals surface area (Å²) >= 11 is 0. The predicted molar refractivity (Wildman–Crippen MR) is 88.7 cm³/mol. The molecule has 1 heterocycles. The molecule has 0 aromatic heterocycles. The first-order chi connectivity index (χ1) is 11.5. The first-order valence-electron chi connectivity index (χ1n) is 8.39. The molecule has 7 heteroatoms. The number of carbonyl (C=O) groups excluding carboxylic acids is 2. The van der Waals surface area contributed by atoms with E-state index in [2.05, 4.69) is 20.7 Å². The molecule has 0 radical (unpaired) electrons. The van der Waals surface area contributed by atoms with Gasteiger partial charge in [0.25, 0.3) is 5.91 Å². The zero-order valence-corrected chi connectivity index (χ0v) is 13.8. The van der Waals surface area contributed by atoms with Crippen molar-refractivity contribution in [3.63, 3.8) is 0 Å². The molecular formula is C17H23FN4O2. The fraction of sp³-hybridized carbons (Fsp3) is 0.529. The summed E-state index contributed by atoms with van der Waals surface area (Å²) in [6.45, 7) is 4.87. The lowest BCUT2D eigenvalue weighted by molar-refractivity contribution is -0.132. The maximum absolute atomic E-state index is 13.0. The molecule has 2 N–H and O–H groups in total. The molecule has 1 atom stereocenters. The van der Waals surface area contributed by atoms with Gasteiger partial charge in [-0.15, -0.1) is 0 Å². The Balaban J connectivity index is 1.45. The van der Waals surface area contributed by atoms with Crippen molar-refractivity contribution in [1.82, 2.24) is 15.8 Å². The number of anilines is 1. The monoisotopic (exact) mass is 334 g/mol. The Hall–Kier alpha value is -2.15. The van der Waals surface area contributed by atoms with Gasteiger partial charge in [0.05, 0.1) is 6.04 Å².